The molecule has 0 heterocycles. The van der Waals surface area contributed by atoms with Crippen LogP contribution < -0.4 is 5.73 Å². The zero-order valence-corrected chi connectivity index (χ0v) is 10.6. The van der Waals surface area contributed by atoms with Crippen molar-refractivity contribution in [1.29, 1.82) is 0 Å². The van der Waals surface area contributed by atoms with Crippen molar-refractivity contribution in [3.63, 3.8) is 0 Å². The van der Waals surface area contributed by atoms with Crippen LogP contribution in [0.3, 0.4) is 0 Å². The fraction of sp³-hybridized carbons (Fsp3) is 0.133. The van der Waals surface area contributed by atoms with Crippen LogP contribution in [0.4, 0.5) is 0 Å². The van der Waals surface area contributed by atoms with Crippen molar-refractivity contribution in [1.82, 2.24) is 0 Å². The predicted molar refractivity (Wildman–Crippen MR) is 73.9 cm³/mol. The lowest BCUT2D eigenvalue weighted by atomic mass is 9.98. The smallest absolute Gasteiger partial charge is 0.179 e. The Morgan fingerprint density at radius 3 is 2.50 bits per heavy atom. The lowest BCUT2D eigenvalue weighted by Gasteiger charge is -2.10. The molecular weight excluding hydrogens is 246 g/mol. The molecule has 0 spiro atoms. The molecule has 0 saturated carbocycles. The minimum atomic E-state index is -0.536. The predicted octanol–water partition coefficient (Wildman–Crippen LogP) is 3.09. The van der Waals surface area contributed by atoms with E-state index < -0.39 is 6.04 Å². The third-order valence-electron chi connectivity index (χ3n) is 2.74. The number of carbonyl (C=O) groups excluding carboxylic acids is 1. The number of Topliss-reactive ketones (excluding diaryl/α,β-unsaturated/α-hetero) is 1. The van der Waals surface area contributed by atoms with Crippen molar-refractivity contribution in [3.8, 4) is 0 Å². The summed E-state index contributed by atoms with van der Waals surface area (Å²) in [6, 6.07) is 16.1. The van der Waals surface area contributed by atoms with E-state index in [2.05, 4.69) is 0 Å². The van der Waals surface area contributed by atoms with Gasteiger partial charge in [-0.25, -0.2) is 0 Å². The molecule has 0 aromatic heterocycles. The molecule has 0 amide bonds. The highest BCUT2D eigenvalue weighted by Crippen LogP contribution is 2.13. The quantitative estimate of drug-likeness (QED) is 0.858. The minimum absolute atomic E-state index is 0.0821. The van der Waals surface area contributed by atoms with Crippen molar-refractivity contribution in [3.05, 3.63) is 70.7 Å². The van der Waals surface area contributed by atoms with Crippen molar-refractivity contribution in [2.24, 2.45) is 5.73 Å². The van der Waals surface area contributed by atoms with Gasteiger partial charge in [0.1, 0.15) is 0 Å². The van der Waals surface area contributed by atoms with Gasteiger partial charge in [-0.2, -0.15) is 0 Å². The van der Waals surface area contributed by atoms with E-state index in [9.17, 15) is 4.79 Å². The second kappa shape index (κ2) is 5.80. The van der Waals surface area contributed by atoms with Crippen molar-refractivity contribution < 1.29 is 4.79 Å². The minimum Gasteiger partial charge on any atom is -0.321 e. The van der Waals surface area contributed by atoms with E-state index >= 15 is 0 Å². The Balaban J connectivity index is 2.10. The van der Waals surface area contributed by atoms with E-state index in [0.29, 0.717) is 17.0 Å². The molecule has 2 N–H and O–H groups in total. The zero-order chi connectivity index (χ0) is 13.0. The Bertz CT molecular complexity index is 539. The summed E-state index contributed by atoms with van der Waals surface area (Å²) in [6.07, 6.45) is 0.534. The van der Waals surface area contributed by atoms with Crippen LogP contribution in [0.1, 0.15) is 15.9 Å². The highest BCUT2D eigenvalue weighted by molar-refractivity contribution is 6.31. The van der Waals surface area contributed by atoms with Gasteiger partial charge in [-0.3, -0.25) is 4.79 Å². The van der Waals surface area contributed by atoms with Crippen molar-refractivity contribution in [2.75, 3.05) is 0 Å². The fourth-order valence-electron chi connectivity index (χ4n) is 1.82. The molecule has 0 fully saturated rings. The molecule has 0 radical (unpaired) electrons. The third kappa shape index (κ3) is 3.19. The van der Waals surface area contributed by atoms with Crippen molar-refractivity contribution >= 4 is 17.4 Å². The first kappa shape index (κ1) is 12.8. The van der Waals surface area contributed by atoms with Crippen LogP contribution in [-0.4, -0.2) is 11.8 Å². The zero-order valence-electron chi connectivity index (χ0n) is 9.84. The van der Waals surface area contributed by atoms with E-state index in [4.69, 9.17) is 17.3 Å². The number of rotatable bonds is 4. The molecule has 2 rings (SSSR count). The molecular formula is C15H14ClNO. The summed E-state index contributed by atoms with van der Waals surface area (Å²) >= 11 is 5.86. The van der Waals surface area contributed by atoms with Gasteiger partial charge in [0.25, 0.3) is 0 Å². The Morgan fingerprint density at radius 1 is 1.11 bits per heavy atom. The molecule has 0 saturated heterocycles. The van der Waals surface area contributed by atoms with E-state index in [1.807, 2.05) is 30.3 Å². The van der Waals surface area contributed by atoms with E-state index in [1.165, 1.54) is 0 Å². The average Bonchev–Trinajstić information content (AvgIpc) is 2.39. The van der Waals surface area contributed by atoms with Crippen LogP contribution >= 0.6 is 11.6 Å². The molecule has 1 unspecified atom stereocenters. The van der Waals surface area contributed by atoms with Crippen LogP contribution in [0.15, 0.2) is 54.6 Å². The standard InChI is InChI=1S/C15H14ClNO/c16-13-8-4-7-12(10-13)15(18)14(17)9-11-5-2-1-3-6-11/h1-8,10,14H,9,17H2. The number of hydrogen-bond donors (Lipinski definition) is 1. The molecule has 0 bridgehead atoms. The van der Waals surface area contributed by atoms with Gasteiger partial charge in [0.2, 0.25) is 0 Å². The molecule has 0 aliphatic heterocycles. The van der Waals surface area contributed by atoms with Crippen LogP contribution in [0.25, 0.3) is 0 Å². The van der Waals surface area contributed by atoms with Crippen LogP contribution in [0, 0.1) is 0 Å². The van der Waals surface area contributed by atoms with E-state index in [-0.39, 0.29) is 5.78 Å². The van der Waals surface area contributed by atoms with Crippen LogP contribution in [0.2, 0.25) is 5.02 Å². The lowest BCUT2D eigenvalue weighted by molar-refractivity contribution is 0.0961. The molecule has 2 aromatic carbocycles. The molecule has 0 aliphatic carbocycles. The normalized spacial score (nSPS) is 12.1. The Kier molecular flexibility index (Phi) is 4.13. The SMILES string of the molecule is NC(Cc1ccccc1)C(=O)c1cccc(Cl)c1. The monoisotopic (exact) mass is 259 g/mol. The molecule has 2 aromatic rings. The van der Waals surface area contributed by atoms with Crippen molar-refractivity contribution in [2.45, 2.75) is 12.5 Å². The summed E-state index contributed by atoms with van der Waals surface area (Å²) in [6.45, 7) is 0. The van der Waals surface area contributed by atoms with Gasteiger partial charge in [0.15, 0.2) is 5.78 Å². The first-order valence-corrected chi connectivity index (χ1v) is 6.14. The summed E-state index contributed by atoms with van der Waals surface area (Å²) in [4.78, 5) is 12.1. The number of halogens is 1. The first-order chi connectivity index (χ1) is 8.66. The van der Waals surface area contributed by atoms with E-state index in [0.717, 1.165) is 5.56 Å². The Hall–Kier alpha value is -1.64. The number of benzene rings is 2. The number of carbonyl (C=O) groups is 1. The highest BCUT2D eigenvalue weighted by atomic mass is 35.5. The largest absolute Gasteiger partial charge is 0.321 e. The lowest BCUT2D eigenvalue weighted by Crippen LogP contribution is -2.32. The summed E-state index contributed by atoms with van der Waals surface area (Å²) in [5.41, 5.74) is 7.56. The number of hydrogen-bond acceptors (Lipinski definition) is 2. The maximum absolute atomic E-state index is 12.1. The summed E-state index contributed by atoms with van der Waals surface area (Å²) in [5, 5.41) is 0.549. The van der Waals surface area contributed by atoms with Crippen LogP contribution in [0.5, 0.6) is 0 Å². The van der Waals surface area contributed by atoms with Gasteiger partial charge in [0, 0.05) is 10.6 Å². The Labute approximate surface area is 111 Å². The maximum Gasteiger partial charge on any atom is 0.179 e. The van der Waals surface area contributed by atoms with Gasteiger partial charge in [-0.15, -0.1) is 0 Å². The Morgan fingerprint density at radius 2 is 1.83 bits per heavy atom. The highest BCUT2D eigenvalue weighted by Gasteiger charge is 2.16. The molecule has 18 heavy (non-hydrogen) atoms. The van der Waals surface area contributed by atoms with E-state index in [1.54, 1.807) is 24.3 Å². The molecule has 3 heteroatoms. The fourth-order valence-corrected chi connectivity index (χ4v) is 2.01. The molecule has 92 valence electrons. The summed E-state index contributed by atoms with van der Waals surface area (Å²) in [5.74, 6) is -0.0821. The average molecular weight is 260 g/mol. The number of ketones is 1. The van der Waals surface area contributed by atoms with Gasteiger partial charge in [0.05, 0.1) is 6.04 Å². The second-order valence-corrected chi connectivity index (χ2v) is 4.61. The maximum atomic E-state index is 12.1. The topological polar surface area (TPSA) is 43.1 Å². The molecule has 0 aliphatic rings. The third-order valence-corrected chi connectivity index (χ3v) is 2.98. The molecule has 1 atom stereocenters. The van der Waals surface area contributed by atoms with Gasteiger partial charge >= 0.3 is 0 Å². The van der Waals surface area contributed by atoms with Gasteiger partial charge < -0.3 is 5.73 Å². The van der Waals surface area contributed by atoms with Gasteiger partial charge in [-0.1, -0.05) is 54.1 Å². The number of nitrogens with two attached hydrogens (primary N) is 1. The second-order valence-electron chi connectivity index (χ2n) is 4.17. The van der Waals surface area contributed by atoms with Gasteiger partial charge in [-0.05, 0) is 24.1 Å². The molecule has 2 nitrogen and oxygen atoms in total. The summed E-state index contributed by atoms with van der Waals surface area (Å²) in [7, 11) is 0. The first-order valence-electron chi connectivity index (χ1n) is 5.76. The van der Waals surface area contributed by atoms with Crippen LogP contribution in [-0.2, 0) is 6.42 Å². The summed E-state index contributed by atoms with van der Waals surface area (Å²) < 4.78 is 0.